The van der Waals surface area contributed by atoms with E-state index in [1.807, 2.05) is 30.3 Å². The van der Waals surface area contributed by atoms with Gasteiger partial charge in [-0.1, -0.05) is 49.4 Å². The Balaban J connectivity index is 2.36. The molecule has 27 heavy (non-hydrogen) atoms. The van der Waals surface area contributed by atoms with Crippen molar-refractivity contribution in [1.82, 2.24) is 15.7 Å². The molecule has 0 aromatic heterocycles. The molecule has 0 fully saturated rings. The standard InChI is InChI=1S/C20H23N3O4/c1-4-20(18(25)21-2,19(26)22-27)23(3)17(24)16-12-10-15(11-13-16)14-8-6-5-7-9-14/h5-13,27H,4H2,1-3H3,(H,21,25)(H,22,26). The molecule has 0 radical (unpaired) electrons. The highest BCUT2D eigenvalue weighted by molar-refractivity contribution is 6.13. The molecule has 0 aliphatic rings. The molecule has 0 aliphatic carbocycles. The largest absolute Gasteiger partial charge is 0.357 e. The average molecular weight is 369 g/mol. The third kappa shape index (κ3) is 3.68. The fourth-order valence-corrected chi connectivity index (χ4v) is 3.07. The zero-order valence-electron chi connectivity index (χ0n) is 15.5. The van der Waals surface area contributed by atoms with E-state index in [0.717, 1.165) is 16.0 Å². The van der Waals surface area contributed by atoms with E-state index in [4.69, 9.17) is 5.21 Å². The zero-order valence-corrected chi connectivity index (χ0v) is 15.5. The van der Waals surface area contributed by atoms with Crippen molar-refractivity contribution in [1.29, 1.82) is 0 Å². The van der Waals surface area contributed by atoms with E-state index < -0.39 is 23.3 Å². The van der Waals surface area contributed by atoms with Crippen LogP contribution in [-0.4, -0.2) is 47.5 Å². The quantitative estimate of drug-likeness (QED) is 0.411. The molecule has 1 unspecified atom stereocenters. The third-order valence-electron chi connectivity index (χ3n) is 4.71. The lowest BCUT2D eigenvalue weighted by atomic mass is 9.91. The molecule has 0 heterocycles. The number of benzene rings is 2. The van der Waals surface area contributed by atoms with Crippen LogP contribution in [0.3, 0.4) is 0 Å². The number of carbonyl (C=O) groups is 3. The summed E-state index contributed by atoms with van der Waals surface area (Å²) < 4.78 is 0. The molecule has 142 valence electrons. The lowest BCUT2D eigenvalue weighted by Crippen LogP contribution is -2.66. The summed E-state index contributed by atoms with van der Waals surface area (Å²) in [6, 6.07) is 16.6. The maximum absolute atomic E-state index is 12.9. The van der Waals surface area contributed by atoms with Crippen molar-refractivity contribution < 1.29 is 19.6 Å². The molecule has 3 N–H and O–H groups in total. The molecule has 2 aromatic carbocycles. The molecule has 3 amide bonds. The topological polar surface area (TPSA) is 98.7 Å². The normalized spacial score (nSPS) is 12.6. The van der Waals surface area contributed by atoms with Crippen LogP contribution in [0.25, 0.3) is 11.1 Å². The number of rotatable bonds is 6. The number of carbonyl (C=O) groups excluding carboxylic acids is 3. The van der Waals surface area contributed by atoms with Gasteiger partial charge >= 0.3 is 0 Å². The highest BCUT2D eigenvalue weighted by Gasteiger charge is 2.49. The molecule has 2 aromatic rings. The maximum Gasteiger partial charge on any atom is 0.279 e. The smallest absolute Gasteiger partial charge is 0.279 e. The molecule has 0 bridgehead atoms. The summed E-state index contributed by atoms with van der Waals surface area (Å²) in [5.41, 5.74) is 1.91. The highest BCUT2D eigenvalue weighted by atomic mass is 16.5. The van der Waals surface area contributed by atoms with Gasteiger partial charge in [0.1, 0.15) is 0 Å². The molecule has 1 atom stereocenters. The van der Waals surface area contributed by atoms with E-state index in [1.54, 1.807) is 31.2 Å². The van der Waals surface area contributed by atoms with Gasteiger partial charge in [-0.3, -0.25) is 19.6 Å². The number of hydrogen-bond acceptors (Lipinski definition) is 4. The molecular formula is C20H23N3O4. The summed E-state index contributed by atoms with van der Waals surface area (Å²) in [6.07, 6.45) is -0.0105. The maximum atomic E-state index is 12.9. The molecule has 0 spiro atoms. The second-order valence-electron chi connectivity index (χ2n) is 6.04. The molecule has 0 saturated carbocycles. The van der Waals surface area contributed by atoms with Crippen LogP contribution in [-0.2, 0) is 9.59 Å². The van der Waals surface area contributed by atoms with Crippen molar-refractivity contribution >= 4 is 17.7 Å². The summed E-state index contributed by atoms with van der Waals surface area (Å²) >= 11 is 0. The predicted molar refractivity (Wildman–Crippen MR) is 101 cm³/mol. The average Bonchev–Trinajstić information content (AvgIpc) is 2.74. The van der Waals surface area contributed by atoms with Gasteiger partial charge in [-0.05, 0) is 29.7 Å². The van der Waals surface area contributed by atoms with Crippen LogP contribution in [0.2, 0.25) is 0 Å². The summed E-state index contributed by atoms with van der Waals surface area (Å²) in [7, 11) is 2.73. The number of nitrogens with one attached hydrogen (secondary N) is 2. The minimum atomic E-state index is -1.86. The van der Waals surface area contributed by atoms with Gasteiger partial charge in [0, 0.05) is 19.7 Å². The Labute approximate surface area is 158 Å². The fourth-order valence-electron chi connectivity index (χ4n) is 3.07. The minimum absolute atomic E-state index is 0.0105. The van der Waals surface area contributed by atoms with Crippen LogP contribution in [0.15, 0.2) is 54.6 Å². The first-order chi connectivity index (χ1) is 12.9. The fraction of sp³-hybridized carbons (Fsp3) is 0.250. The Morgan fingerprint density at radius 2 is 1.52 bits per heavy atom. The number of hydrogen-bond donors (Lipinski definition) is 3. The number of likely N-dealkylation sites (N-methyl/N-ethyl adjacent to an activating group) is 2. The van der Waals surface area contributed by atoms with Crippen molar-refractivity contribution in [2.45, 2.75) is 18.9 Å². The lowest BCUT2D eigenvalue weighted by Gasteiger charge is -2.37. The van der Waals surface area contributed by atoms with Crippen molar-refractivity contribution in [3.05, 3.63) is 60.2 Å². The van der Waals surface area contributed by atoms with Gasteiger partial charge in [0.05, 0.1) is 0 Å². The van der Waals surface area contributed by atoms with E-state index in [0.29, 0.717) is 5.56 Å². The van der Waals surface area contributed by atoms with Gasteiger partial charge in [0.25, 0.3) is 17.7 Å². The SMILES string of the molecule is CCC(C(=O)NC)(C(=O)NO)N(C)C(=O)c1ccc(-c2ccccc2)cc1. The number of nitrogens with zero attached hydrogens (tertiary/aromatic N) is 1. The predicted octanol–water partition coefficient (Wildman–Crippen LogP) is 1.83. The number of amides is 3. The van der Waals surface area contributed by atoms with E-state index in [-0.39, 0.29) is 6.42 Å². The van der Waals surface area contributed by atoms with Gasteiger partial charge < -0.3 is 10.2 Å². The van der Waals surface area contributed by atoms with Crippen LogP contribution < -0.4 is 10.8 Å². The van der Waals surface area contributed by atoms with E-state index in [2.05, 4.69) is 5.32 Å². The summed E-state index contributed by atoms with van der Waals surface area (Å²) in [4.78, 5) is 38.6. The molecule has 0 aliphatic heterocycles. The first-order valence-corrected chi connectivity index (χ1v) is 8.52. The first-order valence-electron chi connectivity index (χ1n) is 8.52. The first kappa shape index (κ1) is 20.1. The molecule has 2 rings (SSSR count). The summed E-state index contributed by atoms with van der Waals surface area (Å²) in [6.45, 7) is 1.59. The van der Waals surface area contributed by atoms with Crippen LogP contribution >= 0.6 is 0 Å². The Morgan fingerprint density at radius 3 is 2.00 bits per heavy atom. The Morgan fingerprint density at radius 1 is 0.963 bits per heavy atom. The van der Waals surface area contributed by atoms with E-state index in [9.17, 15) is 14.4 Å². The van der Waals surface area contributed by atoms with Crippen molar-refractivity contribution in [2.24, 2.45) is 0 Å². The highest BCUT2D eigenvalue weighted by Crippen LogP contribution is 2.24. The monoisotopic (exact) mass is 369 g/mol. The second kappa shape index (κ2) is 8.46. The van der Waals surface area contributed by atoms with Crippen LogP contribution in [0.4, 0.5) is 0 Å². The molecule has 7 nitrogen and oxygen atoms in total. The Bertz CT molecular complexity index is 803. The van der Waals surface area contributed by atoms with Gasteiger partial charge in [-0.25, -0.2) is 5.48 Å². The van der Waals surface area contributed by atoms with Crippen molar-refractivity contribution in [2.75, 3.05) is 14.1 Å². The van der Waals surface area contributed by atoms with E-state index in [1.165, 1.54) is 19.6 Å². The van der Waals surface area contributed by atoms with Crippen LogP contribution in [0.1, 0.15) is 23.7 Å². The summed E-state index contributed by atoms with van der Waals surface area (Å²) in [5.74, 6) is -2.17. The van der Waals surface area contributed by atoms with Gasteiger partial charge in [0.15, 0.2) is 0 Å². The second-order valence-corrected chi connectivity index (χ2v) is 6.04. The van der Waals surface area contributed by atoms with Gasteiger partial charge in [0.2, 0.25) is 5.54 Å². The third-order valence-corrected chi connectivity index (χ3v) is 4.71. The van der Waals surface area contributed by atoms with E-state index >= 15 is 0 Å². The lowest BCUT2D eigenvalue weighted by molar-refractivity contribution is -0.149. The van der Waals surface area contributed by atoms with Gasteiger partial charge in [-0.15, -0.1) is 0 Å². The van der Waals surface area contributed by atoms with Crippen LogP contribution in [0.5, 0.6) is 0 Å². The van der Waals surface area contributed by atoms with Crippen molar-refractivity contribution in [3.8, 4) is 11.1 Å². The Kier molecular flexibility index (Phi) is 6.31. The molecular weight excluding hydrogens is 346 g/mol. The molecule has 0 saturated heterocycles. The Hall–Kier alpha value is -3.19. The number of hydroxylamine groups is 1. The zero-order chi connectivity index (χ0) is 20.0. The van der Waals surface area contributed by atoms with Crippen LogP contribution in [0, 0.1) is 0 Å². The van der Waals surface area contributed by atoms with Crippen molar-refractivity contribution in [3.63, 3.8) is 0 Å². The summed E-state index contributed by atoms with van der Waals surface area (Å²) in [5, 5.41) is 11.5. The molecule has 7 heteroatoms. The van der Waals surface area contributed by atoms with Gasteiger partial charge in [-0.2, -0.15) is 0 Å². The minimum Gasteiger partial charge on any atom is -0.357 e.